The largest absolute Gasteiger partial charge is 0.481 e. The van der Waals surface area contributed by atoms with E-state index in [4.69, 9.17) is 39.5 Å². The third-order valence-electron chi connectivity index (χ3n) is 19.2. The molecule has 0 rings (SSSR count). The van der Waals surface area contributed by atoms with Gasteiger partial charge < -0.3 is 150 Å². The molecule has 0 bridgehead atoms. The van der Waals surface area contributed by atoms with Gasteiger partial charge >= 0.3 is 23.9 Å². The number of carbonyl (C=O) groups is 23. The summed E-state index contributed by atoms with van der Waals surface area (Å²) >= 11 is 9.62. The summed E-state index contributed by atoms with van der Waals surface area (Å²) in [5.41, 5.74) is 27.1. The van der Waals surface area contributed by atoms with Gasteiger partial charge in [0.05, 0.1) is 32.1 Å². The average molecular weight is 1940 g/mol. The van der Waals surface area contributed by atoms with Crippen molar-refractivity contribution in [2.45, 2.75) is 249 Å². The number of carboxylic acid groups (broad SMARTS) is 4. The van der Waals surface area contributed by atoms with Crippen molar-refractivity contribution in [3.8, 4) is 0 Å². The lowest BCUT2D eigenvalue weighted by atomic mass is 9.97. The molecule has 0 heterocycles. The Kier molecular flexibility index (Phi) is 57.3. The van der Waals surface area contributed by atoms with E-state index >= 15 is 0 Å². The molecular weight excluding hydrogens is 1810 g/mol. The van der Waals surface area contributed by atoms with E-state index in [0.29, 0.717) is 0 Å². The molecule has 0 saturated carbocycles. The Morgan fingerprint density at radius 3 is 1.08 bits per heavy atom. The third kappa shape index (κ3) is 49.9. The maximum Gasteiger partial charge on any atom is 0.326 e. The fraction of sp³-hybridized carbons (Fsp3) is 0.671. The first-order valence-corrected chi connectivity index (χ1v) is 44.5. The summed E-state index contributed by atoms with van der Waals surface area (Å²) in [6.07, 6.45) is -4.56. The van der Waals surface area contributed by atoms with Crippen LogP contribution in [0.1, 0.15) is 158 Å². The van der Waals surface area contributed by atoms with Crippen LogP contribution in [0.25, 0.3) is 0 Å². The van der Waals surface area contributed by atoms with E-state index in [-0.39, 0.29) is 82.1 Å². The lowest BCUT2D eigenvalue weighted by Gasteiger charge is -2.28. The molecule has 0 spiro atoms. The molecule has 0 aliphatic carbocycles. The highest BCUT2D eigenvalue weighted by Gasteiger charge is 2.39. The fourth-order valence-corrected chi connectivity index (χ4v) is 12.7. The van der Waals surface area contributed by atoms with Crippen LogP contribution in [0, 0.1) is 28.6 Å². The zero-order chi connectivity index (χ0) is 101. The van der Waals surface area contributed by atoms with Gasteiger partial charge in [-0.3, -0.25) is 116 Å². The van der Waals surface area contributed by atoms with Crippen molar-refractivity contribution in [3.05, 3.63) is 0 Å². The summed E-state index contributed by atoms with van der Waals surface area (Å²) in [6.45, 7) is 9.39. The van der Waals surface area contributed by atoms with E-state index in [1.807, 2.05) is 0 Å². The summed E-state index contributed by atoms with van der Waals surface area (Å²) < 4.78 is 0. The summed E-state index contributed by atoms with van der Waals surface area (Å²) in [4.78, 5) is 304. The molecule has 744 valence electrons. The highest BCUT2D eigenvalue weighted by atomic mass is 32.2. The predicted molar refractivity (Wildman–Crippen MR) is 479 cm³/mol. The normalized spacial score (nSPS) is 14.6. The monoisotopic (exact) mass is 1930 g/mol. The van der Waals surface area contributed by atoms with Gasteiger partial charge in [0.15, 0.2) is 11.9 Å². The molecule has 0 fully saturated rings. The predicted octanol–water partition coefficient (Wildman–Crippen LogP) is -10.8. The van der Waals surface area contributed by atoms with Crippen molar-refractivity contribution in [2.24, 2.45) is 46.4 Å². The van der Waals surface area contributed by atoms with E-state index in [1.54, 1.807) is 34.0 Å². The van der Waals surface area contributed by atoms with E-state index in [1.165, 1.54) is 39.5 Å². The van der Waals surface area contributed by atoms with Crippen LogP contribution in [0.3, 0.4) is 0 Å². The Morgan fingerprint density at radius 1 is 0.348 bits per heavy atom. The van der Waals surface area contributed by atoms with Crippen molar-refractivity contribution >= 4 is 185 Å². The minimum atomic E-state index is -2.03. The first-order valence-electron chi connectivity index (χ1n) is 41.8. The zero-order valence-corrected chi connectivity index (χ0v) is 77.3. The smallest absolute Gasteiger partial charge is 0.326 e. The molecule has 19 amide bonds. The second-order valence-electron chi connectivity index (χ2n) is 31.2. The third-order valence-corrected chi connectivity index (χ3v) is 20.5. The Morgan fingerprint density at radius 2 is 0.682 bits per heavy atom. The van der Waals surface area contributed by atoms with Crippen molar-refractivity contribution < 1.29 is 131 Å². The molecule has 0 aliphatic rings. The van der Waals surface area contributed by atoms with Crippen LogP contribution in [-0.2, 0) is 110 Å². The number of aliphatic carboxylic acids is 4. The van der Waals surface area contributed by atoms with E-state index in [9.17, 15) is 131 Å². The standard InChI is InChI=1S/C76H130N26O27S3/c1-10-36(6)59(73(127)96-40(16-20-55(108)109)62(116)87-30-53(106)91-45(74(128)129)14-12-25-85-76(82)83)101-54(107)31-88-63(117)44(23-26-132-9)95-71(125)49(33-131)100-72(126)58(35(4)5)102-69(123)47(28-51(79)104)98-67(121)43(18-22-57(112)113)94-64(118)39(13-11-24-84-75(80)81)93-70(124)48(32-130)99-65(119)41(17-21-56(110)111)90-52(105)29-86-61(115)38(8)89-68(122)46(27-34(2)3)97-66(120)42(15-19-50(78)103)92-60(114)37(7)77/h34-49,58-59,130-131H,10-33,77H2,1-9H3,(H2,78,103)(H2,79,104)(H,86,115)(H,87,116)(H,88,117)(H,89,122)(H,90,105)(H,91,106)(H,92,114)(H,93,124)(H,94,118)(H,95,125)(H,96,127)(H,97,120)(H,98,121)(H,99,119)(H,100,126)(H,101,107)(H,102,123)(H,108,109)(H,110,111)(H,112,113)(H,128,129)(H4,80,81,84)(H4,82,83,85)/t36-,37-,38-,39-,40-,41-,42-,43-,44-,45-,46-,47-,48-,49-,58-,59-/m0/s1. The molecule has 0 aromatic carbocycles. The first kappa shape index (κ1) is 119. The first-order chi connectivity index (χ1) is 61.7. The van der Waals surface area contributed by atoms with Crippen molar-refractivity contribution in [1.29, 1.82) is 10.8 Å². The number of thiol groups is 2. The van der Waals surface area contributed by atoms with Gasteiger partial charge in [0, 0.05) is 50.3 Å². The number of nitrogens with one attached hydrogen (secondary N) is 21. The average Bonchev–Trinajstić information content (AvgIpc) is 0.845. The van der Waals surface area contributed by atoms with E-state index in [0.717, 1.165) is 0 Å². The quantitative estimate of drug-likeness (QED) is 0.0116. The number of amides is 19. The topological polar surface area (TPSA) is 880 Å². The number of carbonyl (C=O) groups excluding carboxylic acids is 19. The Bertz CT molecular complexity index is 4040. The summed E-state index contributed by atoms with van der Waals surface area (Å²) in [5, 5.41) is 97.9. The maximum atomic E-state index is 14.4. The van der Waals surface area contributed by atoms with Gasteiger partial charge in [0.25, 0.3) is 0 Å². The zero-order valence-electron chi connectivity index (χ0n) is 74.7. The van der Waals surface area contributed by atoms with Gasteiger partial charge in [-0.05, 0) is 108 Å². The van der Waals surface area contributed by atoms with Gasteiger partial charge in [-0.15, -0.1) is 0 Å². The highest BCUT2D eigenvalue weighted by Crippen LogP contribution is 2.15. The fourth-order valence-electron chi connectivity index (χ4n) is 11.7. The van der Waals surface area contributed by atoms with Crippen molar-refractivity contribution in [1.82, 2.24) is 101 Å². The van der Waals surface area contributed by atoms with Gasteiger partial charge in [0.1, 0.15) is 84.6 Å². The van der Waals surface area contributed by atoms with Crippen LogP contribution in [0.4, 0.5) is 0 Å². The second-order valence-corrected chi connectivity index (χ2v) is 32.9. The minimum absolute atomic E-state index is 0.00487. The Hall–Kier alpha value is -12.6. The molecule has 56 heteroatoms. The molecule has 0 aromatic rings. The summed E-state index contributed by atoms with van der Waals surface area (Å²) in [5.74, 6) is -29.5. The summed E-state index contributed by atoms with van der Waals surface area (Å²) in [7, 11) is 0. The van der Waals surface area contributed by atoms with Crippen LogP contribution >= 0.6 is 37.0 Å². The SMILES string of the molecule is CC[C@H](C)[C@H](NC(=O)CNC(=O)[C@H](CCSC)NC(=O)[C@H](CS)NC(=O)[C@@H](NC(=O)[C@H](CC(N)=O)NC(=O)[C@H](CCC(=O)O)NC(=O)[C@H](CCCNC(=N)N)NC(=O)[C@H](CS)NC(=O)[C@H](CCC(=O)O)NC(=O)CNC(=O)[C@H](C)NC(=O)[C@H](CC(C)C)NC(=O)[C@H](CCC(N)=O)NC(=O)[C@H](C)N)C(C)C)C(=O)N[C@@H](CCC(=O)O)C(=O)NCC(=O)N[C@@H](CCCNC(=N)N)C(=O)O. The summed E-state index contributed by atoms with van der Waals surface area (Å²) in [6, 6.07) is -23.7. The molecule has 53 nitrogen and oxygen atoms in total. The molecule has 0 unspecified atom stereocenters. The van der Waals surface area contributed by atoms with Crippen molar-refractivity contribution in [3.63, 3.8) is 0 Å². The number of hydrogen-bond donors (Lipinski definition) is 32. The van der Waals surface area contributed by atoms with Crippen LogP contribution in [0.5, 0.6) is 0 Å². The van der Waals surface area contributed by atoms with Crippen LogP contribution < -0.4 is 130 Å². The van der Waals surface area contributed by atoms with Crippen LogP contribution in [0.15, 0.2) is 0 Å². The number of nitrogens with two attached hydrogens (primary N) is 5. The van der Waals surface area contributed by atoms with Crippen LogP contribution in [-0.4, -0.2) is 315 Å². The maximum absolute atomic E-state index is 14.4. The number of carboxylic acids is 4. The Labute approximate surface area is 775 Å². The highest BCUT2D eigenvalue weighted by molar-refractivity contribution is 7.98. The van der Waals surface area contributed by atoms with Crippen molar-refractivity contribution in [2.75, 3.05) is 56.2 Å². The number of hydrogen-bond acceptors (Lipinski definition) is 29. The van der Waals surface area contributed by atoms with Gasteiger partial charge in [-0.2, -0.15) is 37.0 Å². The van der Waals surface area contributed by atoms with E-state index < -0.39 is 327 Å². The van der Waals surface area contributed by atoms with Gasteiger partial charge in [-0.25, -0.2) is 4.79 Å². The molecule has 0 aromatic heterocycles. The van der Waals surface area contributed by atoms with Gasteiger partial charge in [-0.1, -0.05) is 48.0 Å². The molecular formula is C76H130N26O27S3. The molecule has 0 saturated heterocycles. The lowest BCUT2D eigenvalue weighted by Crippen LogP contribution is -2.61. The van der Waals surface area contributed by atoms with Gasteiger partial charge in [0.2, 0.25) is 112 Å². The number of thioether (sulfide) groups is 1. The van der Waals surface area contributed by atoms with E-state index in [2.05, 4.69) is 126 Å². The second kappa shape index (κ2) is 63.4. The van der Waals surface area contributed by atoms with Crippen LogP contribution in [0.2, 0.25) is 0 Å². The molecule has 35 N–H and O–H groups in total. The molecule has 132 heavy (non-hydrogen) atoms. The lowest BCUT2D eigenvalue weighted by molar-refractivity contribution is -0.142. The molecule has 0 radical (unpaired) electrons. The number of guanidine groups is 2. The Balaban J connectivity index is 6.77. The number of rotatable bonds is 67. The molecule has 0 aliphatic heterocycles. The molecule has 16 atom stereocenters. The minimum Gasteiger partial charge on any atom is -0.481 e. The number of primary amides is 2.